The molecule has 0 fully saturated rings. The van der Waals surface area contributed by atoms with Gasteiger partial charge in [0.15, 0.2) is 0 Å². The normalized spacial score (nSPS) is 12.4. The van der Waals surface area contributed by atoms with E-state index in [1.54, 1.807) is 23.0 Å². The topological polar surface area (TPSA) is 68.0 Å². The smallest absolute Gasteiger partial charge is 0.220 e. The number of hydrogen-bond acceptors (Lipinski definition) is 4. The summed E-state index contributed by atoms with van der Waals surface area (Å²) in [5.41, 5.74) is 7.35. The van der Waals surface area contributed by atoms with E-state index in [9.17, 15) is 4.79 Å². The molecule has 1 atom stereocenters. The molecule has 0 aliphatic heterocycles. The van der Waals surface area contributed by atoms with E-state index in [-0.39, 0.29) is 11.9 Å². The molecule has 0 aliphatic rings. The molecule has 1 rings (SSSR count). The molecule has 1 amide bonds. The lowest BCUT2D eigenvalue weighted by Gasteiger charge is -2.05. The van der Waals surface area contributed by atoms with Crippen LogP contribution >= 0.6 is 11.3 Å². The highest BCUT2D eigenvalue weighted by molar-refractivity contribution is 7.09. The molecule has 0 bridgehead atoms. The Labute approximate surface area is 93.9 Å². The predicted molar refractivity (Wildman–Crippen MR) is 61.5 cm³/mol. The van der Waals surface area contributed by atoms with Gasteiger partial charge in [-0.25, -0.2) is 0 Å². The molecule has 5 heteroatoms. The number of carbonyl (C=O) groups is 1. The average Bonchev–Trinajstić information content (AvgIpc) is 2.66. The van der Waals surface area contributed by atoms with Crippen molar-refractivity contribution in [1.82, 2.24) is 10.3 Å². The van der Waals surface area contributed by atoms with E-state index in [4.69, 9.17) is 5.73 Å². The number of amides is 1. The summed E-state index contributed by atoms with van der Waals surface area (Å²) in [5.74, 6) is 0.0871. The van der Waals surface area contributed by atoms with Gasteiger partial charge in [0.25, 0.3) is 0 Å². The SMILES string of the molecule is CC(N)CCCC(=O)NCc1cncs1. The number of aromatic nitrogens is 1. The third kappa shape index (κ3) is 5.49. The van der Waals surface area contributed by atoms with Crippen LogP contribution in [0.3, 0.4) is 0 Å². The van der Waals surface area contributed by atoms with Crippen LogP contribution in [0.2, 0.25) is 0 Å². The van der Waals surface area contributed by atoms with E-state index in [2.05, 4.69) is 10.3 Å². The summed E-state index contributed by atoms with van der Waals surface area (Å²) in [5, 5.41) is 2.85. The molecule has 15 heavy (non-hydrogen) atoms. The van der Waals surface area contributed by atoms with E-state index in [0.29, 0.717) is 13.0 Å². The van der Waals surface area contributed by atoms with Crippen molar-refractivity contribution in [2.45, 2.75) is 38.8 Å². The number of nitrogens with zero attached hydrogens (tertiary/aromatic N) is 1. The van der Waals surface area contributed by atoms with E-state index in [1.165, 1.54) is 0 Å². The van der Waals surface area contributed by atoms with Gasteiger partial charge in [-0.15, -0.1) is 11.3 Å². The molecule has 0 radical (unpaired) electrons. The number of rotatable bonds is 6. The van der Waals surface area contributed by atoms with Gasteiger partial charge in [0.1, 0.15) is 0 Å². The van der Waals surface area contributed by atoms with Crippen LogP contribution in [0.5, 0.6) is 0 Å². The zero-order valence-corrected chi connectivity index (χ0v) is 9.72. The van der Waals surface area contributed by atoms with Gasteiger partial charge in [0.2, 0.25) is 5.91 Å². The second-order valence-corrected chi connectivity index (χ2v) is 4.58. The van der Waals surface area contributed by atoms with Crippen molar-refractivity contribution in [3.8, 4) is 0 Å². The summed E-state index contributed by atoms with van der Waals surface area (Å²) in [4.78, 5) is 16.4. The number of thiazole rings is 1. The Kier molecular flexibility index (Phi) is 5.28. The molecule has 0 spiro atoms. The van der Waals surface area contributed by atoms with Crippen LogP contribution in [0, 0.1) is 0 Å². The summed E-state index contributed by atoms with van der Waals surface area (Å²) >= 11 is 1.55. The van der Waals surface area contributed by atoms with E-state index >= 15 is 0 Å². The molecule has 1 heterocycles. The average molecular weight is 227 g/mol. The first-order valence-electron chi connectivity index (χ1n) is 5.08. The first-order chi connectivity index (χ1) is 7.18. The minimum absolute atomic E-state index is 0.0871. The fourth-order valence-electron chi connectivity index (χ4n) is 1.19. The van der Waals surface area contributed by atoms with Crippen LogP contribution in [0.15, 0.2) is 11.7 Å². The maximum absolute atomic E-state index is 11.4. The lowest BCUT2D eigenvalue weighted by Crippen LogP contribution is -2.23. The molecule has 0 aliphatic carbocycles. The zero-order valence-electron chi connectivity index (χ0n) is 8.90. The van der Waals surface area contributed by atoms with Crippen molar-refractivity contribution < 1.29 is 4.79 Å². The Morgan fingerprint density at radius 3 is 3.13 bits per heavy atom. The van der Waals surface area contributed by atoms with Crippen LogP contribution in [0.1, 0.15) is 31.1 Å². The Hall–Kier alpha value is -0.940. The number of carbonyl (C=O) groups excluding carboxylic acids is 1. The van der Waals surface area contributed by atoms with Crippen molar-refractivity contribution in [2.24, 2.45) is 5.73 Å². The third-order valence-corrected chi connectivity index (χ3v) is 2.79. The molecule has 0 saturated heterocycles. The minimum Gasteiger partial charge on any atom is -0.351 e. The van der Waals surface area contributed by atoms with Crippen molar-refractivity contribution >= 4 is 17.2 Å². The molecule has 0 saturated carbocycles. The first-order valence-corrected chi connectivity index (χ1v) is 5.96. The van der Waals surface area contributed by atoms with E-state index < -0.39 is 0 Å². The fourth-order valence-corrected chi connectivity index (χ4v) is 1.72. The Morgan fingerprint density at radius 2 is 2.53 bits per heavy atom. The summed E-state index contributed by atoms with van der Waals surface area (Å²) in [6.07, 6.45) is 4.08. The zero-order chi connectivity index (χ0) is 11.1. The quantitative estimate of drug-likeness (QED) is 0.769. The summed E-state index contributed by atoms with van der Waals surface area (Å²) in [6.45, 7) is 2.54. The van der Waals surface area contributed by atoms with Crippen LogP contribution < -0.4 is 11.1 Å². The summed E-state index contributed by atoms with van der Waals surface area (Å²) < 4.78 is 0. The highest BCUT2D eigenvalue weighted by Crippen LogP contribution is 2.04. The first kappa shape index (κ1) is 12.1. The number of nitrogens with one attached hydrogen (secondary N) is 1. The maximum atomic E-state index is 11.4. The van der Waals surface area contributed by atoms with Gasteiger partial charge in [-0.05, 0) is 19.8 Å². The largest absolute Gasteiger partial charge is 0.351 e. The summed E-state index contributed by atoms with van der Waals surface area (Å²) in [6, 6.07) is 0.180. The molecule has 1 unspecified atom stereocenters. The molecular formula is C10H17N3OS. The molecule has 1 aromatic rings. The van der Waals surface area contributed by atoms with Crippen molar-refractivity contribution in [3.05, 3.63) is 16.6 Å². The van der Waals surface area contributed by atoms with Gasteiger partial charge in [-0.3, -0.25) is 9.78 Å². The number of nitrogens with two attached hydrogens (primary N) is 1. The monoisotopic (exact) mass is 227 g/mol. The second-order valence-electron chi connectivity index (χ2n) is 3.61. The summed E-state index contributed by atoms with van der Waals surface area (Å²) in [7, 11) is 0. The van der Waals surface area contributed by atoms with Crippen LogP contribution in [-0.2, 0) is 11.3 Å². The van der Waals surface area contributed by atoms with E-state index in [0.717, 1.165) is 17.7 Å². The molecule has 0 aromatic carbocycles. The molecule has 1 aromatic heterocycles. The molecule has 4 nitrogen and oxygen atoms in total. The molecule has 3 N–H and O–H groups in total. The van der Waals surface area contributed by atoms with Crippen molar-refractivity contribution in [2.75, 3.05) is 0 Å². The second kappa shape index (κ2) is 6.53. The Bertz CT molecular complexity index is 285. The van der Waals surface area contributed by atoms with Gasteiger partial charge in [-0.2, -0.15) is 0 Å². The van der Waals surface area contributed by atoms with E-state index in [1.807, 2.05) is 6.92 Å². The van der Waals surface area contributed by atoms with Gasteiger partial charge in [-0.1, -0.05) is 0 Å². The van der Waals surface area contributed by atoms with Gasteiger partial charge in [0.05, 0.1) is 12.1 Å². The fraction of sp³-hybridized carbons (Fsp3) is 0.600. The standard InChI is InChI=1S/C10H17N3OS/c1-8(11)3-2-4-10(14)13-6-9-5-12-7-15-9/h5,7-8H,2-4,6,11H2,1H3,(H,13,14). The van der Waals surface area contributed by atoms with Crippen LogP contribution in [-0.4, -0.2) is 16.9 Å². The highest BCUT2D eigenvalue weighted by atomic mass is 32.1. The van der Waals surface area contributed by atoms with Crippen LogP contribution in [0.25, 0.3) is 0 Å². The van der Waals surface area contributed by atoms with Gasteiger partial charge in [0, 0.05) is 23.5 Å². The van der Waals surface area contributed by atoms with Crippen molar-refractivity contribution in [1.29, 1.82) is 0 Å². The number of hydrogen-bond donors (Lipinski definition) is 2. The lowest BCUT2D eigenvalue weighted by molar-refractivity contribution is -0.121. The maximum Gasteiger partial charge on any atom is 0.220 e. The Balaban J connectivity index is 2.09. The molecule has 84 valence electrons. The third-order valence-electron chi connectivity index (χ3n) is 2.01. The van der Waals surface area contributed by atoms with Gasteiger partial charge >= 0.3 is 0 Å². The lowest BCUT2D eigenvalue weighted by atomic mass is 10.1. The predicted octanol–water partition coefficient (Wildman–Crippen LogP) is 1.28. The Morgan fingerprint density at radius 1 is 1.73 bits per heavy atom. The molecular weight excluding hydrogens is 210 g/mol. The highest BCUT2D eigenvalue weighted by Gasteiger charge is 2.02. The van der Waals surface area contributed by atoms with Gasteiger partial charge < -0.3 is 11.1 Å². The van der Waals surface area contributed by atoms with Crippen molar-refractivity contribution in [3.63, 3.8) is 0 Å². The minimum atomic E-state index is 0.0871. The van der Waals surface area contributed by atoms with Crippen LogP contribution in [0.4, 0.5) is 0 Å².